The molecule has 0 unspecified atom stereocenters. The van der Waals surface area contributed by atoms with Crippen molar-refractivity contribution < 1.29 is 4.74 Å². The Kier molecular flexibility index (Phi) is 7.94. The van der Waals surface area contributed by atoms with Gasteiger partial charge in [0.2, 0.25) is 0 Å². The Balaban J connectivity index is 1.04. The van der Waals surface area contributed by atoms with Gasteiger partial charge in [-0.25, -0.2) is 0 Å². The zero-order chi connectivity index (χ0) is 38.9. The summed E-state index contributed by atoms with van der Waals surface area (Å²) in [4.78, 5) is 1.30. The molecule has 0 radical (unpaired) electrons. The van der Waals surface area contributed by atoms with E-state index < -0.39 is 8.07 Å². The molecule has 10 aromatic rings. The van der Waals surface area contributed by atoms with Gasteiger partial charge in [-0.05, 0) is 96.4 Å². The van der Waals surface area contributed by atoms with E-state index in [1.807, 2.05) is 11.6 Å². The third-order valence-corrected chi connectivity index (χ3v) is 18.5. The van der Waals surface area contributed by atoms with E-state index in [9.17, 15) is 0 Å². The van der Waals surface area contributed by atoms with Gasteiger partial charge in [-0.2, -0.15) is 11.6 Å². The lowest BCUT2D eigenvalue weighted by atomic mass is 9.57. The van der Waals surface area contributed by atoms with Crippen LogP contribution in [-0.4, -0.2) is 18.6 Å². The first-order valence-electron chi connectivity index (χ1n) is 20.3. The summed E-state index contributed by atoms with van der Waals surface area (Å²) in [5.74, 6) is 1.96. The zero-order valence-electron chi connectivity index (χ0n) is 32.1. The van der Waals surface area contributed by atoms with Gasteiger partial charge in [0.1, 0.15) is 11.5 Å². The molecular formula is C54H36BNOSSi. The Hall–Kier alpha value is -6.79. The van der Waals surface area contributed by atoms with Gasteiger partial charge in [0.05, 0.1) is 11.0 Å². The van der Waals surface area contributed by atoms with Crippen molar-refractivity contribution in [3.63, 3.8) is 0 Å². The largest absolute Gasteiger partial charge is 0.458 e. The van der Waals surface area contributed by atoms with E-state index in [-0.39, 0.29) is 5.99 Å². The number of fused-ring (bicyclic) bond motifs is 7. The molecule has 3 heterocycles. The van der Waals surface area contributed by atoms with Crippen molar-refractivity contribution in [1.29, 1.82) is 0 Å². The lowest BCUT2D eigenvalue weighted by Gasteiger charge is -2.38. The molecule has 12 rings (SSSR count). The molecule has 9 aromatic carbocycles. The molecule has 2 aliphatic rings. The summed E-state index contributed by atoms with van der Waals surface area (Å²) in [5.41, 5.74) is 10.9. The monoisotopic (exact) mass is 785 g/mol. The quantitative estimate of drug-likeness (QED) is 0.123. The van der Waals surface area contributed by atoms with Gasteiger partial charge in [0, 0.05) is 21.4 Å². The molecule has 2 nitrogen and oxygen atoms in total. The van der Waals surface area contributed by atoms with Gasteiger partial charge < -0.3 is 9.30 Å². The molecule has 2 aliphatic heterocycles. The van der Waals surface area contributed by atoms with Crippen molar-refractivity contribution in [3.8, 4) is 39.4 Å². The van der Waals surface area contributed by atoms with E-state index in [1.54, 1.807) is 0 Å². The number of aromatic nitrogens is 1. The molecule has 5 heteroatoms. The van der Waals surface area contributed by atoms with Gasteiger partial charge in [0.15, 0.2) is 8.07 Å². The molecule has 0 aliphatic carbocycles. The highest BCUT2D eigenvalue weighted by atomic mass is 32.2. The van der Waals surface area contributed by atoms with Gasteiger partial charge in [-0.3, -0.25) is 0 Å². The predicted octanol–water partition coefficient (Wildman–Crippen LogP) is 9.81. The third-order valence-electron chi connectivity index (χ3n) is 12.4. The Morgan fingerprint density at radius 2 is 1.00 bits per heavy atom. The molecule has 0 amide bonds. The van der Waals surface area contributed by atoms with Crippen LogP contribution in [0.5, 0.6) is 11.5 Å². The van der Waals surface area contributed by atoms with Crippen molar-refractivity contribution in [2.24, 2.45) is 0 Å². The van der Waals surface area contributed by atoms with E-state index in [2.05, 4.69) is 223 Å². The van der Waals surface area contributed by atoms with Crippen LogP contribution in [0.1, 0.15) is 0 Å². The highest BCUT2D eigenvalue weighted by Gasteiger charge is 2.45. The normalized spacial score (nSPS) is 12.8. The summed E-state index contributed by atoms with van der Waals surface area (Å²) >= 11 is 1.95. The second-order valence-electron chi connectivity index (χ2n) is 15.6. The maximum Gasteiger partial charge on any atom is 0.289 e. The van der Waals surface area contributed by atoms with Crippen LogP contribution in [0.3, 0.4) is 0 Å². The summed E-state index contributed by atoms with van der Waals surface area (Å²) in [6.45, 7) is 0. The Labute approximate surface area is 349 Å². The summed E-state index contributed by atoms with van der Waals surface area (Å²) < 4.78 is 9.55. The van der Waals surface area contributed by atoms with Crippen LogP contribution in [0.15, 0.2) is 223 Å². The van der Waals surface area contributed by atoms with Crippen LogP contribution < -0.4 is 36.4 Å². The zero-order valence-corrected chi connectivity index (χ0v) is 33.9. The minimum atomic E-state index is -2.82. The fourth-order valence-corrected chi connectivity index (χ4v) is 16.0. The smallest absolute Gasteiger partial charge is 0.289 e. The second kappa shape index (κ2) is 13.7. The van der Waals surface area contributed by atoms with E-state index in [4.69, 9.17) is 4.74 Å². The van der Waals surface area contributed by atoms with Gasteiger partial charge >= 0.3 is 0 Å². The van der Waals surface area contributed by atoms with E-state index >= 15 is 0 Å². The first kappa shape index (κ1) is 34.3. The van der Waals surface area contributed by atoms with Crippen LogP contribution in [0.4, 0.5) is 0 Å². The molecule has 0 fully saturated rings. The highest BCUT2D eigenvalue weighted by Crippen LogP contribution is 2.43. The van der Waals surface area contributed by atoms with Crippen LogP contribution in [0.2, 0.25) is 0 Å². The molecule has 0 saturated heterocycles. The summed E-state index contributed by atoms with van der Waals surface area (Å²) in [7, 11) is -2.82. The number of nitrogens with zero attached hydrogens (tertiary/aromatic N) is 1. The van der Waals surface area contributed by atoms with Gasteiger partial charge in [-0.1, -0.05) is 176 Å². The minimum absolute atomic E-state index is 0.0782. The minimum Gasteiger partial charge on any atom is -0.458 e. The van der Waals surface area contributed by atoms with E-state index in [0.29, 0.717) is 0 Å². The Morgan fingerprint density at radius 1 is 0.424 bits per heavy atom. The number of ether oxygens (including phenoxy) is 1. The molecule has 0 N–H and O–H groups in total. The number of hydrogen-bond acceptors (Lipinski definition) is 2. The van der Waals surface area contributed by atoms with Crippen molar-refractivity contribution in [3.05, 3.63) is 218 Å². The topological polar surface area (TPSA) is 14.2 Å². The first-order chi connectivity index (χ1) is 29.3. The van der Waals surface area contributed by atoms with Crippen molar-refractivity contribution in [2.45, 2.75) is 4.90 Å². The van der Waals surface area contributed by atoms with Crippen LogP contribution in [0, 0.1) is 0 Å². The number of hydrogen-bond donors (Lipinski definition) is 0. The van der Waals surface area contributed by atoms with Crippen LogP contribution in [0.25, 0.3) is 49.7 Å². The molecule has 59 heavy (non-hydrogen) atoms. The lowest BCUT2D eigenvalue weighted by Crippen LogP contribution is -2.75. The molecule has 276 valence electrons. The molecular weight excluding hydrogens is 750 g/mol. The predicted molar refractivity (Wildman–Crippen MR) is 253 cm³/mol. The van der Waals surface area contributed by atoms with Crippen molar-refractivity contribution in [1.82, 2.24) is 4.57 Å². The molecule has 0 atom stereocenters. The first-order valence-corrected chi connectivity index (χ1v) is 23.2. The van der Waals surface area contributed by atoms with Crippen molar-refractivity contribution >= 4 is 79.2 Å². The lowest BCUT2D eigenvalue weighted by molar-refractivity contribution is 0.488. The fraction of sp³-hybridized carbons (Fsp3) is 0. The number of rotatable bonds is 6. The fourth-order valence-electron chi connectivity index (χ4n) is 9.85. The van der Waals surface area contributed by atoms with E-state index in [1.165, 1.54) is 80.6 Å². The molecule has 0 spiro atoms. The highest BCUT2D eigenvalue weighted by molar-refractivity contribution is 8.28. The number of benzene rings is 9. The maximum atomic E-state index is 7.16. The third kappa shape index (κ3) is 5.28. The number of para-hydroxylation sites is 2. The maximum absolute atomic E-state index is 7.16. The SMILES string of the molecule is c1ccc([Si](c2ccccc2)(c2ccccc2)c2cc3c4c(c2)-c2ccccc2SB4c2cc(-c4cccc(-n5c6ccccc6c6ccccc65)c4)ccc2O3)cc1. The molecule has 1 aromatic heterocycles. The Morgan fingerprint density at radius 3 is 1.66 bits per heavy atom. The van der Waals surface area contributed by atoms with E-state index in [0.717, 1.165) is 17.2 Å². The Bertz CT molecular complexity index is 3090. The van der Waals surface area contributed by atoms with Crippen LogP contribution in [-0.2, 0) is 0 Å². The van der Waals surface area contributed by atoms with Gasteiger partial charge in [-0.15, -0.1) is 0 Å². The van der Waals surface area contributed by atoms with Crippen molar-refractivity contribution in [2.75, 3.05) is 0 Å². The van der Waals surface area contributed by atoms with Crippen LogP contribution >= 0.6 is 11.6 Å². The second-order valence-corrected chi connectivity index (χ2v) is 20.5. The molecule has 0 saturated carbocycles. The molecule has 0 bridgehead atoms. The summed E-state index contributed by atoms with van der Waals surface area (Å²) in [6.07, 6.45) is 0. The van der Waals surface area contributed by atoms with Gasteiger partial charge in [0.25, 0.3) is 5.99 Å². The summed E-state index contributed by atoms with van der Waals surface area (Å²) in [6, 6.07) is 80.6. The average molecular weight is 786 g/mol. The summed E-state index contributed by atoms with van der Waals surface area (Å²) in [5, 5.41) is 7.90. The standard InChI is InChI=1S/C54H36BNOSSi/c1-4-19-40(20-5-1)59(41-21-6-2-7-22-41,42-23-8-3-9-24-42)43-35-47-46-27-12-15-30-53(46)58-55-48-34-38(31-32-51(48)57-52(36-43)54(47)55)37-17-16-18-39(33-37)56-49-28-13-10-25-44(49)45-26-11-14-29-50(45)56/h1-36H. The average Bonchev–Trinajstić information content (AvgIpc) is 3.65.